The number of aliphatic hydroxyl groups is 1. The van der Waals surface area contributed by atoms with Gasteiger partial charge in [0.1, 0.15) is 19.0 Å². The van der Waals surface area contributed by atoms with Crippen molar-refractivity contribution in [2.45, 2.75) is 69.6 Å². The van der Waals surface area contributed by atoms with Gasteiger partial charge >= 0.3 is 11.9 Å². The molecule has 5 rings (SSSR count). The molecule has 2 fully saturated rings. The molecule has 2 aliphatic rings. The minimum atomic E-state index is -0.706. The molecular weight excluding hydrogens is 466 g/mol. The number of rotatable bonds is 7. The molecule has 1 unspecified atom stereocenters. The summed E-state index contributed by atoms with van der Waals surface area (Å²) < 4.78 is 18.9. The first-order chi connectivity index (χ1) is 17.5. The number of carbonyl (C=O) groups is 2. The second-order valence-electron chi connectivity index (χ2n) is 9.15. The van der Waals surface area contributed by atoms with Gasteiger partial charge in [-0.1, -0.05) is 31.0 Å². The van der Waals surface area contributed by atoms with Crippen LogP contribution in [0.5, 0.6) is 0 Å². The third kappa shape index (κ3) is 5.17. The molecule has 0 radical (unpaired) electrons. The Morgan fingerprint density at radius 3 is 2.75 bits per heavy atom. The predicted octanol–water partition coefficient (Wildman–Crippen LogP) is 2.62. The number of hydrogen-bond acceptors (Lipinski definition) is 10. The van der Waals surface area contributed by atoms with Crippen molar-refractivity contribution in [2.24, 2.45) is 0 Å². The Morgan fingerprint density at radius 1 is 1.17 bits per heavy atom. The van der Waals surface area contributed by atoms with Crippen LogP contribution in [-0.2, 0) is 19.0 Å². The van der Waals surface area contributed by atoms with Crippen LogP contribution in [-0.4, -0.2) is 67.5 Å². The van der Waals surface area contributed by atoms with Gasteiger partial charge < -0.3 is 24.6 Å². The number of fused-ring (bicyclic) bond motifs is 1. The monoisotopic (exact) mass is 495 g/mol. The quantitative estimate of drug-likeness (QED) is 0.470. The zero-order valence-corrected chi connectivity index (χ0v) is 19.9. The standard InChI is InChI=1S/C25H29N5O6/c1-15(31)35-20-11-17(12-34-25(33)16-7-3-2-4-8-16)36-24(20)30-14-28-21-22(26-13-27-23(21)30)29-18-9-5-6-10-19(18)32/h2-4,7-8,13-14,17-20,24,32H,5-6,9-12H2,1H3,(H,26,27,29)/t17-,18+,19?,20+,24+/m0/s1. The van der Waals surface area contributed by atoms with Gasteiger partial charge in [-0.15, -0.1) is 0 Å². The van der Waals surface area contributed by atoms with Gasteiger partial charge in [-0.3, -0.25) is 9.36 Å². The van der Waals surface area contributed by atoms with Gasteiger partial charge in [0, 0.05) is 13.3 Å². The number of esters is 2. The SMILES string of the molecule is CC(=O)O[C@@H]1C[C@@H](COC(=O)c2ccccc2)O[C@H]1n1cnc2c(N[C@@H]3CCCCC3O)ncnc21. The van der Waals surface area contributed by atoms with Gasteiger partial charge in [-0.2, -0.15) is 0 Å². The number of carbonyl (C=O) groups excluding carboxylic acids is 2. The van der Waals surface area contributed by atoms with Crippen molar-refractivity contribution in [3.8, 4) is 0 Å². The molecule has 2 aromatic heterocycles. The van der Waals surface area contributed by atoms with Crippen molar-refractivity contribution < 1.29 is 28.9 Å². The van der Waals surface area contributed by atoms with E-state index >= 15 is 0 Å². The molecule has 11 heteroatoms. The highest BCUT2D eigenvalue weighted by molar-refractivity contribution is 5.89. The molecule has 36 heavy (non-hydrogen) atoms. The maximum atomic E-state index is 12.3. The van der Waals surface area contributed by atoms with Crippen LogP contribution in [0.25, 0.3) is 11.2 Å². The van der Waals surface area contributed by atoms with E-state index in [1.807, 2.05) is 6.07 Å². The molecule has 5 atom stereocenters. The summed E-state index contributed by atoms with van der Waals surface area (Å²) in [5.41, 5.74) is 1.48. The maximum Gasteiger partial charge on any atom is 0.338 e. The summed E-state index contributed by atoms with van der Waals surface area (Å²) in [6, 6.07) is 8.60. The van der Waals surface area contributed by atoms with Crippen LogP contribution in [0, 0.1) is 0 Å². The number of anilines is 1. The number of imidazole rings is 1. The highest BCUT2D eigenvalue weighted by Crippen LogP contribution is 2.34. The normalized spacial score (nSPS) is 26.0. The Labute approximate surface area is 207 Å². The van der Waals surface area contributed by atoms with Crippen LogP contribution < -0.4 is 5.32 Å². The van der Waals surface area contributed by atoms with Crippen molar-refractivity contribution in [2.75, 3.05) is 11.9 Å². The molecule has 1 aliphatic heterocycles. The number of hydrogen-bond donors (Lipinski definition) is 2. The summed E-state index contributed by atoms with van der Waals surface area (Å²) in [5.74, 6) is -0.364. The topological polar surface area (TPSA) is 138 Å². The molecule has 11 nitrogen and oxygen atoms in total. The largest absolute Gasteiger partial charge is 0.459 e. The lowest BCUT2D eigenvalue weighted by atomic mass is 9.92. The summed E-state index contributed by atoms with van der Waals surface area (Å²) in [7, 11) is 0. The molecular formula is C25H29N5O6. The number of aliphatic hydroxyl groups excluding tert-OH is 1. The fraction of sp³-hybridized carbons (Fsp3) is 0.480. The summed E-state index contributed by atoms with van der Waals surface area (Å²) in [6.45, 7) is 1.35. The molecule has 0 bridgehead atoms. The van der Waals surface area contributed by atoms with E-state index in [0.29, 0.717) is 29.0 Å². The number of aromatic nitrogens is 4. The van der Waals surface area contributed by atoms with Crippen molar-refractivity contribution in [1.82, 2.24) is 19.5 Å². The van der Waals surface area contributed by atoms with E-state index in [1.165, 1.54) is 13.3 Å². The minimum absolute atomic E-state index is 0.00990. The van der Waals surface area contributed by atoms with Crippen molar-refractivity contribution in [3.05, 3.63) is 48.5 Å². The van der Waals surface area contributed by atoms with Gasteiger partial charge in [0.15, 0.2) is 23.2 Å². The first-order valence-corrected chi connectivity index (χ1v) is 12.2. The molecule has 1 aromatic carbocycles. The molecule has 0 spiro atoms. The van der Waals surface area contributed by atoms with Crippen molar-refractivity contribution >= 4 is 28.9 Å². The highest BCUT2D eigenvalue weighted by atomic mass is 16.6. The lowest BCUT2D eigenvalue weighted by Crippen LogP contribution is -2.36. The minimum Gasteiger partial charge on any atom is -0.459 e. The van der Waals surface area contributed by atoms with E-state index in [4.69, 9.17) is 14.2 Å². The predicted molar refractivity (Wildman–Crippen MR) is 128 cm³/mol. The van der Waals surface area contributed by atoms with Crippen LogP contribution >= 0.6 is 0 Å². The van der Waals surface area contributed by atoms with Crippen molar-refractivity contribution in [3.63, 3.8) is 0 Å². The second-order valence-corrected chi connectivity index (χ2v) is 9.15. The summed E-state index contributed by atoms with van der Waals surface area (Å²) >= 11 is 0. The van der Waals surface area contributed by atoms with Crippen LogP contribution in [0.15, 0.2) is 43.0 Å². The van der Waals surface area contributed by atoms with Crippen LogP contribution in [0.2, 0.25) is 0 Å². The Bertz CT molecular complexity index is 1220. The molecule has 2 N–H and O–H groups in total. The van der Waals surface area contributed by atoms with Gasteiger partial charge in [0.05, 0.1) is 30.1 Å². The number of benzene rings is 1. The summed E-state index contributed by atoms with van der Waals surface area (Å²) in [4.78, 5) is 37.4. The zero-order valence-electron chi connectivity index (χ0n) is 19.9. The first-order valence-electron chi connectivity index (χ1n) is 12.2. The van der Waals surface area contributed by atoms with Crippen molar-refractivity contribution in [1.29, 1.82) is 0 Å². The average Bonchev–Trinajstić information content (AvgIpc) is 3.48. The lowest BCUT2D eigenvalue weighted by molar-refractivity contribution is -0.152. The average molecular weight is 496 g/mol. The van der Waals surface area contributed by atoms with E-state index in [-0.39, 0.29) is 12.6 Å². The molecule has 3 heterocycles. The second kappa shape index (κ2) is 10.6. The highest BCUT2D eigenvalue weighted by Gasteiger charge is 2.40. The maximum absolute atomic E-state index is 12.3. The number of nitrogens with zero attached hydrogens (tertiary/aromatic N) is 4. The Morgan fingerprint density at radius 2 is 1.97 bits per heavy atom. The van der Waals surface area contributed by atoms with Gasteiger partial charge in [-0.05, 0) is 25.0 Å². The van der Waals surface area contributed by atoms with E-state index in [0.717, 1.165) is 25.7 Å². The van der Waals surface area contributed by atoms with Crippen LogP contribution in [0.4, 0.5) is 5.82 Å². The summed E-state index contributed by atoms with van der Waals surface area (Å²) in [5, 5.41) is 13.7. The van der Waals surface area contributed by atoms with E-state index in [9.17, 15) is 14.7 Å². The fourth-order valence-electron chi connectivity index (χ4n) is 4.81. The summed E-state index contributed by atoms with van der Waals surface area (Å²) in [6.07, 6.45) is 4.71. The fourth-order valence-corrected chi connectivity index (χ4v) is 4.81. The van der Waals surface area contributed by atoms with Crippen LogP contribution in [0.3, 0.4) is 0 Å². The van der Waals surface area contributed by atoms with E-state index in [2.05, 4.69) is 20.3 Å². The Hall–Kier alpha value is -3.57. The molecule has 1 saturated carbocycles. The van der Waals surface area contributed by atoms with Crippen LogP contribution in [0.1, 0.15) is 55.6 Å². The third-order valence-electron chi connectivity index (χ3n) is 6.56. The Balaban J connectivity index is 1.33. The molecule has 0 amide bonds. The molecule has 3 aromatic rings. The smallest absolute Gasteiger partial charge is 0.338 e. The number of ether oxygens (including phenoxy) is 3. The van der Waals surface area contributed by atoms with E-state index in [1.54, 1.807) is 35.2 Å². The lowest BCUT2D eigenvalue weighted by Gasteiger charge is -2.28. The molecule has 1 saturated heterocycles. The van der Waals surface area contributed by atoms with E-state index < -0.39 is 36.5 Å². The molecule has 1 aliphatic carbocycles. The van der Waals surface area contributed by atoms with Gasteiger partial charge in [0.25, 0.3) is 0 Å². The molecule has 190 valence electrons. The van der Waals surface area contributed by atoms with Gasteiger partial charge in [-0.25, -0.2) is 19.7 Å². The third-order valence-corrected chi connectivity index (χ3v) is 6.56. The zero-order chi connectivity index (χ0) is 25.1. The van der Waals surface area contributed by atoms with Gasteiger partial charge in [0.2, 0.25) is 0 Å². The Kier molecular flexibility index (Phi) is 7.10. The first kappa shape index (κ1) is 24.1. The number of nitrogens with one attached hydrogen (secondary N) is 1.